The number of nitrogens with zero attached hydrogens (tertiary/aromatic N) is 2. The van der Waals surface area contributed by atoms with Crippen LogP contribution in [0.1, 0.15) is 29.9 Å². The molecule has 2 N–H and O–H groups in total. The fraction of sp³-hybridized carbons (Fsp3) is 0.407. The van der Waals surface area contributed by atoms with Crippen molar-refractivity contribution in [1.29, 1.82) is 0 Å². The molecule has 7 nitrogen and oxygen atoms in total. The van der Waals surface area contributed by atoms with Gasteiger partial charge in [-0.25, -0.2) is 0 Å². The van der Waals surface area contributed by atoms with Crippen molar-refractivity contribution >= 4 is 22.7 Å². The number of ether oxygens (including phenoxy) is 1. The van der Waals surface area contributed by atoms with Crippen molar-refractivity contribution in [2.75, 3.05) is 46.4 Å². The molecular formula is C27H32N4O3. The lowest BCUT2D eigenvalue weighted by Crippen LogP contribution is -2.51. The van der Waals surface area contributed by atoms with Gasteiger partial charge in [0.25, 0.3) is 0 Å². The number of para-hydroxylation sites is 1. The summed E-state index contributed by atoms with van der Waals surface area (Å²) in [4.78, 5) is 32.6. The fourth-order valence-electron chi connectivity index (χ4n) is 4.82. The van der Waals surface area contributed by atoms with E-state index >= 15 is 0 Å². The summed E-state index contributed by atoms with van der Waals surface area (Å²) in [5, 5.41) is 4.33. The zero-order chi connectivity index (χ0) is 23.5. The van der Waals surface area contributed by atoms with E-state index in [1.54, 1.807) is 7.11 Å². The Morgan fingerprint density at radius 2 is 1.79 bits per heavy atom. The minimum atomic E-state index is 0.0130. The van der Waals surface area contributed by atoms with Crippen LogP contribution in [-0.4, -0.2) is 73.0 Å². The number of amides is 2. The molecule has 2 aromatic carbocycles. The molecule has 178 valence electrons. The summed E-state index contributed by atoms with van der Waals surface area (Å²) in [6.07, 6.45) is 4.11. The number of rotatable bonds is 8. The molecular weight excluding hydrogens is 428 g/mol. The summed E-state index contributed by atoms with van der Waals surface area (Å²) < 4.78 is 5.33. The summed E-state index contributed by atoms with van der Waals surface area (Å²) in [6.45, 7) is 3.78. The van der Waals surface area contributed by atoms with Crippen LogP contribution < -0.4 is 10.1 Å². The van der Waals surface area contributed by atoms with Crippen LogP contribution in [0.15, 0.2) is 54.7 Å². The van der Waals surface area contributed by atoms with Gasteiger partial charge in [-0.3, -0.25) is 14.5 Å². The number of hydrogen-bond donors (Lipinski definition) is 2. The van der Waals surface area contributed by atoms with Crippen molar-refractivity contribution in [3.63, 3.8) is 0 Å². The van der Waals surface area contributed by atoms with Crippen LogP contribution >= 0.6 is 0 Å². The van der Waals surface area contributed by atoms with Gasteiger partial charge in [0.2, 0.25) is 11.8 Å². The van der Waals surface area contributed by atoms with Gasteiger partial charge in [0.1, 0.15) is 5.75 Å². The minimum absolute atomic E-state index is 0.0130. The van der Waals surface area contributed by atoms with Gasteiger partial charge in [-0.05, 0) is 42.2 Å². The molecule has 2 amide bonds. The van der Waals surface area contributed by atoms with Gasteiger partial charge in [-0.2, -0.15) is 0 Å². The molecule has 2 heterocycles. The Morgan fingerprint density at radius 1 is 1.06 bits per heavy atom. The summed E-state index contributed by atoms with van der Waals surface area (Å²) in [7, 11) is 1.66. The van der Waals surface area contributed by atoms with Gasteiger partial charge in [-0.15, -0.1) is 0 Å². The van der Waals surface area contributed by atoms with Crippen LogP contribution in [0.25, 0.3) is 10.9 Å². The topological polar surface area (TPSA) is 77.7 Å². The van der Waals surface area contributed by atoms with Crippen LogP contribution in [0, 0.1) is 5.92 Å². The highest BCUT2D eigenvalue weighted by molar-refractivity contribution is 5.84. The van der Waals surface area contributed by atoms with Crippen molar-refractivity contribution in [3.05, 3.63) is 65.9 Å². The van der Waals surface area contributed by atoms with Crippen LogP contribution in [0.4, 0.5) is 0 Å². The maximum atomic E-state index is 12.9. The molecule has 0 radical (unpaired) electrons. The second-order valence-electron chi connectivity index (χ2n) is 9.30. The number of aromatic nitrogens is 1. The third kappa shape index (κ3) is 4.94. The number of methoxy groups -OCH3 is 1. The summed E-state index contributed by atoms with van der Waals surface area (Å²) >= 11 is 0. The summed E-state index contributed by atoms with van der Waals surface area (Å²) in [5.41, 5.74) is 3.37. The lowest BCUT2D eigenvalue weighted by atomic mass is 9.90. The first-order valence-electron chi connectivity index (χ1n) is 12.1. The van der Waals surface area contributed by atoms with E-state index in [0.717, 1.165) is 53.7 Å². The average molecular weight is 461 g/mol. The molecule has 1 unspecified atom stereocenters. The summed E-state index contributed by atoms with van der Waals surface area (Å²) in [6, 6.07) is 16.3. The van der Waals surface area contributed by atoms with E-state index in [1.807, 2.05) is 35.4 Å². The number of fused-ring (bicyclic) bond motifs is 1. The number of carbonyl (C=O) groups excluding carboxylic acids is 2. The molecule has 34 heavy (non-hydrogen) atoms. The van der Waals surface area contributed by atoms with E-state index in [-0.39, 0.29) is 17.7 Å². The Balaban J connectivity index is 1.23. The molecule has 2 fully saturated rings. The standard InChI is InChI=1S/C27H32N4O3/c1-34-21-10-8-19(9-11-21)23(24-17-28-25-5-3-2-4-22(24)25)16-29-26(32)18-30-12-14-31(15-13-30)27(33)20-6-7-20/h2-5,8-11,17,20,23,28H,6-7,12-16,18H2,1H3,(H,29,32). The molecule has 3 aromatic rings. The van der Waals surface area contributed by atoms with E-state index in [2.05, 4.69) is 39.5 Å². The molecule has 7 heteroatoms. The van der Waals surface area contributed by atoms with Crippen LogP contribution in [0.2, 0.25) is 0 Å². The van der Waals surface area contributed by atoms with E-state index in [0.29, 0.717) is 32.1 Å². The summed E-state index contributed by atoms with van der Waals surface area (Å²) in [5.74, 6) is 1.39. The maximum Gasteiger partial charge on any atom is 0.234 e. The number of benzene rings is 2. The maximum absolute atomic E-state index is 12.9. The largest absolute Gasteiger partial charge is 0.497 e. The Bertz CT molecular complexity index is 1140. The smallest absolute Gasteiger partial charge is 0.234 e. The molecule has 1 aromatic heterocycles. The second kappa shape index (κ2) is 9.89. The highest BCUT2D eigenvalue weighted by atomic mass is 16.5. The number of piperazine rings is 1. The lowest BCUT2D eigenvalue weighted by molar-refractivity contribution is -0.134. The van der Waals surface area contributed by atoms with E-state index in [1.165, 1.54) is 0 Å². The van der Waals surface area contributed by atoms with E-state index in [4.69, 9.17) is 4.74 Å². The highest BCUT2D eigenvalue weighted by Gasteiger charge is 2.34. The average Bonchev–Trinajstić information content (AvgIpc) is 3.64. The van der Waals surface area contributed by atoms with Crippen LogP contribution in [0.3, 0.4) is 0 Å². The highest BCUT2D eigenvalue weighted by Crippen LogP contribution is 2.32. The number of aromatic amines is 1. The van der Waals surface area contributed by atoms with Crippen molar-refractivity contribution < 1.29 is 14.3 Å². The predicted molar refractivity (Wildman–Crippen MR) is 132 cm³/mol. The molecule has 1 saturated heterocycles. The van der Waals surface area contributed by atoms with Gasteiger partial charge in [0.15, 0.2) is 0 Å². The first kappa shape index (κ1) is 22.5. The van der Waals surface area contributed by atoms with Crippen molar-refractivity contribution in [1.82, 2.24) is 20.1 Å². The van der Waals surface area contributed by atoms with Crippen molar-refractivity contribution in [2.45, 2.75) is 18.8 Å². The van der Waals surface area contributed by atoms with Crippen molar-refractivity contribution in [2.24, 2.45) is 5.92 Å². The molecule has 1 saturated carbocycles. The van der Waals surface area contributed by atoms with Gasteiger partial charge in [0.05, 0.1) is 13.7 Å². The molecule has 0 spiro atoms. The Hall–Kier alpha value is -3.32. The third-order valence-corrected chi connectivity index (χ3v) is 7.00. The first-order valence-corrected chi connectivity index (χ1v) is 12.1. The molecule has 5 rings (SSSR count). The third-order valence-electron chi connectivity index (χ3n) is 7.00. The zero-order valence-electron chi connectivity index (χ0n) is 19.6. The fourth-order valence-corrected chi connectivity index (χ4v) is 4.82. The van der Waals surface area contributed by atoms with Crippen LogP contribution in [0.5, 0.6) is 5.75 Å². The molecule has 1 aliphatic carbocycles. The molecule has 0 bridgehead atoms. The normalized spacial score (nSPS) is 17.5. The number of hydrogen-bond acceptors (Lipinski definition) is 4. The Labute approximate surface area is 200 Å². The number of carbonyl (C=O) groups is 2. The quantitative estimate of drug-likeness (QED) is 0.542. The zero-order valence-corrected chi connectivity index (χ0v) is 19.6. The Kier molecular flexibility index (Phi) is 6.54. The van der Waals surface area contributed by atoms with Gasteiger partial charge in [0, 0.05) is 61.7 Å². The van der Waals surface area contributed by atoms with Crippen LogP contribution in [-0.2, 0) is 9.59 Å². The van der Waals surface area contributed by atoms with Gasteiger partial charge in [-0.1, -0.05) is 30.3 Å². The number of H-pyrrole nitrogens is 1. The minimum Gasteiger partial charge on any atom is -0.497 e. The second-order valence-corrected chi connectivity index (χ2v) is 9.30. The monoisotopic (exact) mass is 460 g/mol. The molecule has 1 aliphatic heterocycles. The van der Waals surface area contributed by atoms with E-state index in [9.17, 15) is 9.59 Å². The first-order chi connectivity index (χ1) is 16.6. The number of nitrogens with one attached hydrogen (secondary N) is 2. The Morgan fingerprint density at radius 3 is 2.50 bits per heavy atom. The molecule has 1 atom stereocenters. The van der Waals surface area contributed by atoms with Gasteiger partial charge < -0.3 is 19.9 Å². The SMILES string of the molecule is COc1ccc(C(CNC(=O)CN2CCN(C(=O)C3CC3)CC2)c2c[nH]c3ccccc23)cc1. The van der Waals surface area contributed by atoms with E-state index < -0.39 is 0 Å². The predicted octanol–water partition coefficient (Wildman–Crippen LogP) is 2.98. The lowest BCUT2D eigenvalue weighted by Gasteiger charge is -2.34. The molecule has 2 aliphatic rings. The van der Waals surface area contributed by atoms with Crippen molar-refractivity contribution in [3.8, 4) is 5.75 Å². The van der Waals surface area contributed by atoms with Gasteiger partial charge >= 0.3 is 0 Å².